The molecule has 6 nitrogen and oxygen atoms in total. The third kappa shape index (κ3) is 7.43. The third-order valence-corrected chi connectivity index (χ3v) is 6.92. The minimum atomic E-state index is -3.39. The Morgan fingerprint density at radius 3 is 2.23 bits per heavy atom. The highest BCUT2D eigenvalue weighted by molar-refractivity contribution is 14.0. The molecule has 0 radical (unpaired) electrons. The highest BCUT2D eigenvalue weighted by Gasteiger charge is 2.26. The summed E-state index contributed by atoms with van der Waals surface area (Å²) in [6.45, 7) is 5.04. The lowest BCUT2D eigenvalue weighted by atomic mass is 10.1. The van der Waals surface area contributed by atoms with Crippen LogP contribution in [0.5, 0.6) is 0 Å². The fourth-order valence-electron chi connectivity index (χ4n) is 3.33. The van der Waals surface area contributed by atoms with Crippen LogP contribution in [-0.4, -0.2) is 44.9 Å². The average molecular weight is 560 g/mol. The first-order chi connectivity index (χ1) is 14.5. The molecule has 2 aromatic carbocycles. The van der Waals surface area contributed by atoms with E-state index in [2.05, 4.69) is 15.6 Å². The SMILES string of the molecule is CCNC(=NCc1ccc(S(=O)(=O)N2CCCC2)cc1)NCCc1ccc(F)cc1.I. The lowest BCUT2D eigenvalue weighted by molar-refractivity contribution is 0.477. The molecular formula is C22H30FIN4O2S. The Bertz CT molecular complexity index is 944. The van der Waals surface area contributed by atoms with Gasteiger partial charge < -0.3 is 10.6 Å². The number of sulfonamides is 1. The van der Waals surface area contributed by atoms with Gasteiger partial charge in [0.1, 0.15) is 5.82 Å². The van der Waals surface area contributed by atoms with Gasteiger partial charge in [-0.1, -0.05) is 24.3 Å². The lowest BCUT2D eigenvalue weighted by Crippen LogP contribution is -2.38. The average Bonchev–Trinajstić information content (AvgIpc) is 3.30. The molecule has 0 spiro atoms. The van der Waals surface area contributed by atoms with Crippen molar-refractivity contribution in [3.8, 4) is 0 Å². The highest BCUT2D eigenvalue weighted by atomic mass is 127. The summed E-state index contributed by atoms with van der Waals surface area (Å²) in [5, 5.41) is 6.47. The number of benzene rings is 2. The van der Waals surface area contributed by atoms with E-state index in [9.17, 15) is 12.8 Å². The van der Waals surface area contributed by atoms with Gasteiger partial charge in [-0.05, 0) is 61.6 Å². The van der Waals surface area contributed by atoms with E-state index in [1.165, 1.54) is 12.1 Å². The Morgan fingerprint density at radius 1 is 1.00 bits per heavy atom. The van der Waals surface area contributed by atoms with Gasteiger partial charge in [0.25, 0.3) is 0 Å². The third-order valence-electron chi connectivity index (χ3n) is 5.01. The molecule has 0 aliphatic carbocycles. The van der Waals surface area contributed by atoms with Crippen LogP contribution in [0.3, 0.4) is 0 Å². The Labute approximate surface area is 201 Å². The van der Waals surface area contributed by atoms with Gasteiger partial charge in [-0.2, -0.15) is 4.31 Å². The zero-order valence-electron chi connectivity index (χ0n) is 17.7. The number of nitrogens with zero attached hydrogens (tertiary/aromatic N) is 2. The van der Waals surface area contributed by atoms with E-state index in [1.54, 1.807) is 28.6 Å². The summed E-state index contributed by atoms with van der Waals surface area (Å²) in [4.78, 5) is 4.91. The second-order valence-corrected chi connectivity index (χ2v) is 9.19. The summed E-state index contributed by atoms with van der Waals surface area (Å²) in [7, 11) is -3.39. The van der Waals surface area contributed by atoms with Crippen molar-refractivity contribution in [3.05, 3.63) is 65.5 Å². The van der Waals surface area contributed by atoms with Crippen LogP contribution in [0, 0.1) is 5.82 Å². The van der Waals surface area contributed by atoms with Crippen molar-refractivity contribution >= 4 is 40.0 Å². The van der Waals surface area contributed by atoms with Gasteiger partial charge in [0.15, 0.2) is 5.96 Å². The molecule has 0 amide bonds. The van der Waals surface area contributed by atoms with E-state index in [1.807, 2.05) is 19.1 Å². The van der Waals surface area contributed by atoms with Crippen molar-refractivity contribution in [1.29, 1.82) is 0 Å². The van der Waals surface area contributed by atoms with Crippen LogP contribution < -0.4 is 10.6 Å². The minimum Gasteiger partial charge on any atom is -0.357 e. The Morgan fingerprint density at radius 2 is 1.61 bits per heavy atom. The number of hydrogen-bond acceptors (Lipinski definition) is 3. The minimum absolute atomic E-state index is 0. The van der Waals surface area contributed by atoms with Crippen molar-refractivity contribution in [3.63, 3.8) is 0 Å². The molecule has 9 heteroatoms. The van der Waals surface area contributed by atoms with Gasteiger partial charge >= 0.3 is 0 Å². The largest absolute Gasteiger partial charge is 0.357 e. The van der Waals surface area contributed by atoms with Gasteiger partial charge in [0, 0.05) is 26.2 Å². The Hall–Kier alpha value is -1.72. The summed E-state index contributed by atoms with van der Waals surface area (Å²) in [5.74, 6) is 0.453. The van der Waals surface area contributed by atoms with Gasteiger partial charge in [-0.25, -0.2) is 17.8 Å². The molecule has 2 N–H and O–H groups in total. The number of hydrogen-bond donors (Lipinski definition) is 2. The summed E-state index contributed by atoms with van der Waals surface area (Å²) >= 11 is 0. The first-order valence-corrected chi connectivity index (χ1v) is 11.8. The number of aliphatic imine (C=N–C) groups is 1. The number of nitrogens with one attached hydrogen (secondary N) is 2. The quantitative estimate of drug-likeness (QED) is 0.295. The number of rotatable bonds is 8. The van der Waals surface area contributed by atoms with Crippen molar-refractivity contribution in [2.24, 2.45) is 4.99 Å². The van der Waals surface area contributed by atoms with Gasteiger partial charge in [0.2, 0.25) is 10.0 Å². The zero-order chi connectivity index (χ0) is 21.4. The van der Waals surface area contributed by atoms with Crippen molar-refractivity contribution in [2.45, 2.75) is 37.6 Å². The van der Waals surface area contributed by atoms with Crippen LogP contribution in [0.4, 0.5) is 4.39 Å². The highest BCUT2D eigenvalue weighted by Crippen LogP contribution is 2.21. The van der Waals surface area contributed by atoms with E-state index in [-0.39, 0.29) is 29.8 Å². The number of halogens is 2. The van der Waals surface area contributed by atoms with Crippen LogP contribution in [-0.2, 0) is 23.0 Å². The van der Waals surface area contributed by atoms with E-state index < -0.39 is 10.0 Å². The van der Waals surface area contributed by atoms with E-state index >= 15 is 0 Å². The monoisotopic (exact) mass is 560 g/mol. The van der Waals surface area contributed by atoms with Crippen molar-refractivity contribution in [2.75, 3.05) is 26.2 Å². The number of guanidine groups is 1. The molecule has 31 heavy (non-hydrogen) atoms. The maximum Gasteiger partial charge on any atom is 0.243 e. The fraction of sp³-hybridized carbons (Fsp3) is 0.409. The second-order valence-electron chi connectivity index (χ2n) is 7.25. The van der Waals surface area contributed by atoms with E-state index in [0.717, 1.165) is 36.9 Å². The summed E-state index contributed by atoms with van der Waals surface area (Å²) in [5.41, 5.74) is 1.99. The maximum absolute atomic E-state index is 13.0. The molecule has 1 heterocycles. The molecule has 1 fully saturated rings. The molecule has 1 aliphatic rings. The fourth-order valence-corrected chi connectivity index (χ4v) is 4.85. The van der Waals surface area contributed by atoms with Crippen molar-refractivity contribution < 1.29 is 12.8 Å². The first-order valence-electron chi connectivity index (χ1n) is 10.3. The lowest BCUT2D eigenvalue weighted by Gasteiger charge is -2.15. The van der Waals surface area contributed by atoms with E-state index in [0.29, 0.717) is 37.0 Å². The van der Waals surface area contributed by atoms with Crippen LogP contribution in [0.25, 0.3) is 0 Å². The smallest absolute Gasteiger partial charge is 0.243 e. The maximum atomic E-state index is 13.0. The second kappa shape index (κ2) is 12.4. The van der Waals surface area contributed by atoms with E-state index in [4.69, 9.17) is 0 Å². The molecule has 170 valence electrons. The summed E-state index contributed by atoms with van der Waals surface area (Å²) < 4.78 is 39.8. The van der Waals surface area contributed by atoms with Gasteiger partial charge in [-0.3, -0.25) is 0 Å². The molecule has 2 aromatic rings. The first kappa shape index (κ1) is 25.5. The van der Waals surface area contributed by atoms with Crippen molar-refractivity contribution in [1.82, 2.24) is 14.9 Å². The normalized spacial score (nSPS) is 14.8. The van der Waals surface area contributed by atoms with Gasteiger partial charge in [0.05, 0.1) is 11.4 Å². The van der Waals surface area contributed by atoms with Crippen LogP contribution >= 0.6 is 24.0 Å². The van der Waals surface area contributed by atoms with Gasteiger partial charge in [-0.15, -0.1) is 24.0 Å². The predicted octanol–water partition coefficient (Wildman–Crippen LogP) is 3.53. The molecule has 1 aliphatic heterocycles. The Balaban J connectivity index is 0.00000341. The molecule has 0 saturated carbocycles. The predicted molar refractivity (Wildman–Crippen MR) is 133 cm³/mol. The molecule has 0 atom stereocenters. The van der Waals surface area contributed by atoms with Crippen LogP contribution in [0.2, 0.25) is 0 Å². The standard InChI is InChI=1S/C22H29FN4O2S.HI/c1-2-24-22(25-14-13-18-5-9-20(23)10-6-18)26-17-19-7-11-21(12-8-19)30(28,29)27-15-3-4-16-27;/h5-12H,2-4,13-17H2,1H3,(H2,24,25,26);1H. The summed E-state index contributed by atoms with van der Waals surface area (Å²) in [6.07, 6.45) is 2.61. The van der Waals surface area contributed by atoms with Crippen LogP contribution in [0.15, 0.2) is 58.4 Å². The molecule has 0 bridgehead atoms. The molecule has 0 unspecified atom stereocenters. The summed E-state index contributed by atoms with van der Waals surface area (Å²) in [6, 6.07) is 13.4. The zero-order valence-corrected chi connectivity index (χ0v) is 20.8. The van der Waals surface area contributed by atoms with Crippen LogP contribution in [0.1, 0.15) is 30.9 Å². The molecule has 1 saturated heterocycles. The molecular weight excluding hydrogens is 530 g/mol. The Kier molecular flexibility index (Phi) is 10.2. The topological polar surface area (TPSA) is 73.8 Å². The molecule has 3 rings (SSSR count). The molecule has 0 aromatic heterocycles.